The standard InChI is InChI=1S/C9H9BrFNO.C7H7BrFN/c1-5-7(10)3-4-8(9(5)11)12-6(2)13;1-4-5(8)2-3-6(10)7(4)9/h3-4H,1-2H3,(H,12,13);2-3H,10H2,1H3. The van der Waals surface area contributed by atoms with Crippen LogP contribution in [-0.2, 0) is 4.79 Å². The molecule has 0 radical (unpaired) electrons. The number of benzene rings is 2. The van der Waals surface area contributed by atoms with E-state index in [4.69, 9.17) is 5.73 Å². The van der Waals surface area contributed by atoms with Crippen molar-refractivity contribution in [2.45, 2.75) is 20.8 Å². The molecule has 7 heteroatoms. The molecule has 3 nitrogen and oxygen atoms in total. The summed E-state index contributed by atoms with van der Waals surface area (Å²) in [5.41, 5.74) is 6.75. The third kappa shape index (κ3) is 5.28. The lowest BCUT2D eigenvalue weighted by atomic mass is 10.2. The summed E-state index contributed by atoms with van der Waals surface area (Å²) in [6.45, 7) is 4.66. The van der Waals surface area contributed by atoms with Crippen molar-refractivity contribution in [2.75, 3.05) is 11.1 Å². The van der Waals surface area contributed by atoms with E-state index in [0.29, 0.717) is 15.6 Å². The molecule has 0 heterocycles. The molecule has 0 saturated heterocycles. The van der Waals surface area contributed by atoms with Gasteiger partial charge in [-0.15, -0.1) is 0 Å². The summed E-state index contributed by atoms with van der Waals surface area (Å²) in [7, 11) is 0. The number of nitrogens with one attached hydrogen (secondary N) is 1. The summed E-state index contributed by atoms with van der Waals surface area (Å²) in [6.07, 6.45) is 0. The Hall–Kier alpha value is -1.47. The minimum atomic E-state index is -0.399. The summed E-state index contributed by atoms with van der Waals surface area (Å²) < 4.78 is 27.7. The zero-order valence-electron chi connectivity index (χ0n) is 12.8. The van der Waals surface area contributed by atoms with Gasteiger partial charge in [-0.3, -0.25) is 4.79 Å². The fraction of sp³-hybridized carbons (Fsp3) is 0.188. The predicted molar refractivity (Wildman–Crippen MR) is 96.4 cm³/mol. The molecule has 0 unspecified atom stereocenters. The lowest BCUT2D eigenvalue weighted by Gasteiger charge is -2.06. The van der Waals surface area contributed by atoms with Gasteiger partial charge in [-0.25, -0.2) is 8.78 Å². The number of nitrogens with two attached hydrogens (primary N) is 1. The van der Waals surface area contributed by atoms with Crippen LogP contribution in [0.25, 0.3) is 0 Å². The van der Waals surface area contributed by atoms with Crippen LogP contribution in [0.4, 0.5) is 20.2 Å². The van der Waals surface area contributed by atoms with Gasteiger partial charge in [-0.05, 0) is 38.1 Å². The fourth-order valence-electron chi connectivity index (χ4n) is 1.63. The quantitative estimate of drug-likeness (QED) is 0.577. The Labute approximate surface area is 150 Å². The van der Waals surface area contributed by atoms with Gasteiger partial charge >= 0.3 is 0 Å². The highest BCUT2D eigenvalue weighted by Crippen LogP contribution is 2.25. The average Bonchev–Trinajstić information content (AvgIpc) is 2.50. The van der Waals surface area contributed by atoms with E-state index in [1.165, 1.54) is 19.1 Å². The van der Waals surface area contributed by atoms with Crippen molar-refractivity contribution in [3.63, 3.8) is 0 Å². The molecule has 0 aromatic heterocycles. The molecule has 0 saturated carbocycles. The van der Waals surface area contributed by atoms with Gasteiger partial charge in [0, 0.05) is 27.0 Å². The molecule has 0 fully saturated rings. The number of hydrogen-bond acceptors (Lipinski definition) is 2. The minimum Gasteiger partial charge on any atom is -0.396 e. The van der Waals surface area contributed by atoms with Crippen molar-refractivity contribution in [2.24, 2.45) is 0 Å². The molecule has 124 valence electrons. The van der Waals surface area contributed by atoms with Crippen LogP contribution < -0.4 is 11.1 Å². The summed E-state index contributed by atoms with van der Waals surface area (Å²) in [6, 6.07) is 6.48. The van der Waals surface area contributed by atoms with Crippen LogP contribution in [0.15, 0.2) is 33.2 Å². The van der Waals surface area contributed by atoms with Crippen LogP contribution in [0, 0.1) is 25.5 Å². The molecule has 0 atom stereocenters. The number of amides is 1. The number of hydrogen-bond donors (Lipinski definition) is 2. The number of rotatable bonds is 1. The zero-order chi connectivity index (χ0) is 17.7. The molecular weight excluding hydrogens is 434 g/mol. The molecule has 0 bridgehead atoms. The van der Waals surface area contributed by atoms with Crippen molar-refractivity contribution in [1.29, 1.82) is 0 Å². The lowest BCUT2D eigenvalue weighted by molar-refractivity contribution is -0.114. The van der Waals surface area contributed by atoms with E-state index in [9.17, 15) is 13.6 Å². The maximum atomic E-state index is 13.4. The first kappa shape index (κ1) is 19.6. The zero-order valence-corrected chi connectivity index (χ0v) is 16.0. The molecule has 23 heavy (non-hydrogen) atoms. The molecule has 1 amide bonds. The van der Waals surface area contributed by atoms with Gasteiger partial charge in [0.25, 0.3) is 0 Å². The largest absolute Gasteiger partial charge is 0.396 e. The number of carbonyl (C=O) groups excluding carboxylic acids is 1. The molecule has 0 aliphatic rings. The van der Waals surface area contributed by atoms with Crippen molar-refractivity contribution in [1.82, 2.24) is 0 Å². The van der Waals surface area contributed by atoms with Gasteiger partial charge in [0.1, 0.15) is 5.82 Å². The van der Waals surface area contributed by atoms with E-state index in [1.54, 1.807) is 26.0 Å². The van der Waals surface area contributed by atoms with E-state index in [2.05, 4.69) is 37.2 Å². The first-order valence-corrected chi connectivity index (χ1v) is 8.16. The van der Waals surface area contributed by atoms with Crippen molar-refractivity contribution >= 4 is 49.1 Å². The minimum absolute atomic E-state index is 0.195. The molecule has 2 rings (SSSR count). The Kier molecular flexibility index (Phi) is 7.15. The second-order valence-electron chi connectivity index (χ2n) is 4.79. The molecule has 0 spiro atoms. The van der Waals surface area contributed by atoms with Crippen LogP contribution in [0.2, 0.25) is 0 Å². The number of carbonyl (C=O) groups is 1. The monoisotopic (exact) mass is 448 g/mol. The summed E-state index contributed by atoms with van der Waals surface area (Å²) >= 11 is 6.38. The molecule has 0 aliphatic heterocycles. The normalized spacial score (nSPS) is 9.87. The Balaban J connectivity index is 0.000000238. The highest BCUT2D eigenvalue weighted by molar-refractivity contribution is 9.10. The Bertz CT molecular complexity index is 710. The van der Waals surface area contributed by atoms with E-state index in [0.717, 1.165) is 4.47 Å². The maximum absolute atomic E-state index is 13.4. The maximum Gasteiger partial charge on any atom is 0.221 e. The van der Waals surface area contributed by atoms with Gasteiger partial charge < -0.3 is 11.1 Å². The highest BCUT2D eigenvalue weighted by Gasteiger charge is 2.08. The second kappa shape index (κ2) is 8.40. The molecule has 0 aliphatic carbocycles. The summed E-state index contributed by atoms with van der Waals surface area (Å²) in [4.78, 5) is 10.7. The fourth-order valence-corrected chi connectivity index (χ4v) is 2.24. The topological polar surface area (TPSA) is 55.1 Å². The summed E-state index contributed by atoms with van der Waals surface area (Å²) in [5.74, 6) is -1.01. The summed E-state index contributed by atoms with van der Waals surface area (Å²) in [5, 5.41) is 2.41. The third-order valence-electron chi connectivity index (χ3n) is 2.98. The smallest absolute Gasteiger partial charge is 0.221 e. The highest BCUT2D eigenvalue weighted by atomic mass is 79.9. The van der Waals surface area contributed by atoms with Crippen LogP contribution in [-0.4, -0.2) is 5.91 Å². The number of halogens is 4. The van der Waals surface area contributed by atoms with Crippen molar-refractivity contribution in [3.05, 3.63) is 56.0 Å². The van der Waals surface area contributed by atoms with E-state index < -0.39 is 5.82 Å². The first-order chi connectivity index (χ1) is 10.6. The van der Waals surface area contributed by atoms with Gasteiger partial charge in [0.15, 0.2) is 5.82 Å². The Morgan fingerprint density at radius 3 is 1.96 bits per heavy atom. The predicted octanol–water partition coefficient (Wildman–Crippen LogP) is 5.33. The van der Waals surface area contributed by atoms with Crippen molar-refractivity contribution < 1.29 is 13.6 Å². The lowest BCUT2D eigenvalue weighted by Crippen LogP contribution is -2.08. The second-order valence-corrected chi connectivity index (χ2v) is 6.50. The van der Waals surface area contributed by atoms with Crippen LogP contribution in [0.3, 0.4) is 0 Å². The van der Waals surface area contributed by atoms with E-state index in [-0.39, 0.29) is 23.1 Å². The van der Waals surface area contributed by atoms with E-state index >= 15 is 0 Å². The molecule has 2 aromatic rings. The van der Waals surface area contributed by atoms with Gasteiger partial charge in [-0.2, -0.15) is 0 Å². The van der Waals surface area contributed by atoms with Gasteiger partial charge in [0.2, 0.25) is 5.91 Å². The third-order valence-corrected chi connectivity index (χ3v) is 4.70. The van der Waals surface area contributed by atoms with Crippen LogP contribution in [0.1, 0.15) is 18.1 Å². The average molecular weight is 450 g/mol. The molecule has 2 aromatic carbocycles. The Morgan fingerprint density at radius 2 is 1.48 bits per heavy atom. The molecular formula is C16H16Br2F2N2O. The number of nitrogen functional groups attached to an aromatic ring is 1. The van der Waals surface area contributed by atoms with Gasteiger partial charge in [-0.1, -0.05) is 31.9 Å². The number of anilines is 2. The first-order valence-electron chi connectivity index (χ1n) is 6.57. The van der Waals surface area contributed by atoms with Gasteiger partial charge in [0.05, 0.1) is 11.4 Å². The van der Waals surface area contributed by atoms with Crippen LogP contribution >= 0.6 is 31.9 Å². The van der Waals surface area contributed by atoms with Crippen molar-refractivity contribution in [3.8, 4) is 0 Å². The SMILES string of the molecule is CC(=O)Nc1ccc(Br)c(C)c1F.Cc1c(Br)ccc(N)c1F. The Morgan fingerprint density at radius 1 is 1.00 bits per heavy atom. The molecule has 3 N–H and O–H groups in total. The van der Waals surface area contributed by atoms with E-state index in [1.807, 2.05) is 0 Å². The van der Waals surface area contributed by atoms with Crippen LogP contribution in [0.5, 0.6) is 0 Å².